The first-order chi connectivity index (χ1) is 30.2. The Morgan fingerprint density at radius 2 is 0.918 bits per heavy atom. The van der Waals surface area contributed by atoms with Crippen LogP contribution in [0, 0.1) is 0 Å². The average molecular weight is 796 g/mol. The molecule has 2 nitrogen and oxygen atoms in total. The topological polar surface area (TPSA) is 16.4 Å². The molecule has 0 unspecified atom stereocenters. The van der Waals surface area contributed by atoms with Crippen molar-refractivity contribution >= 4 is 81.3 Å². The van der Waals surface area contributed by atoms with Gasteiger partial charge in [-0.2, -0.15) is 0 Å². The molecule has 0 bridgehead atoms. The van der Waals surface area contributed by atoms with Gasteiger partial charge in [-0.25, -0.2) is 0 Å². The van der Waals surface area contributed by atoms with E-state index in [1.54, 1.807) is 0 Å². The van der Waals surface area contributed by atoms with E-state index in [0.29, 0.717) is 0 Å². The number of furan rings is 1. The zero-order chi connectivity index (χ0) is 40.3. The molecular formula is C58H37NOS. The van der Waals surface area contributed by atoms with Crippen molar-refractivity contribution in [1.82, 2.24) is 0 Å². The lowest BCUT2D eigenvalue weighted by Gasteiger charge is -2.28. The van der Waals surface area contributed by atoms with Gasteiger partial charge in [-0.3, -0.25) is 0 Å². The Labute approximate surface area is 357 Å². The number of rotatable bonds is 7. The third kappa shape index (κ3) is 6.26. The molecule has 0 N–H and O–H groups in total. The highest BCUT2D eigenvalue weighted by Crippen LogP contribution is 2.44. The standard InChI is InChI=1S/C58H37NOS/c1-2-12-40-33-44(24-23-38(40)11-1)42-14-9-13-41(34-42)43-15-10-16-48(35-43)59(47-29-25-39(26-30-47)45-27-32-53-52-19-5-8-22-57(52)61-58(53)37-45)54-20-6-3-17-49(54)46-28-31-51-50-18-4-7-21-55(50)60-56(51)36-46/h1-37H. The molecular weight excluding hydrogens is 759 g/mol. The second-order valence-corrected chi connectivity index (χ2v) is 16.8. The number of hydrogen-bond acceptors (Lipinski definition) is 3. The summed E-state index contributed by atoms with van der Waals surface area (Å²) in [6.45, 7) is 0. The van der Waals surface area contributed by atoms with Crippen molar-refractivity contribution in [3.05, 3.63) is 224 Å². The number of anilines is 3. The van der Waals surface area contributed by atoms with E-state index >= 15 is 0 Å². The molecule has 3 heteroatoms. The maximum Gasteiger partial charge on any atom is 0.136 e. The van der Waals surface area contributed by atoms with Crippen LogP contribution in [0.2, 0.25) is 0 Å². The minimum atomic E-state index is 0.883. The minimum absolute atomic E-state index is 0.883. The summed E-state index contributed by atoms with van der Waals surface area (Å²) in [5.74, 6) is 0. The van der Waals surface area contributed by atoms with Crippen molar-refractivity contribution in [1.29, 1.82) is 0 Å². The molecule has 2 heterocycles. The van der Waals surface area contributed by atoms with E-state index in [-0.39, 0.29) is 0 Å². The molecule has 0 aliphatic carbocycles. The summed E-state index contributed by atoms with van der Waals surface area (Å²) in [4.78, 5) is 2.40. The quantitative estimate of drug-likeness (QED) is 0.160. The SMILES string of the molecule is c1cc(-c2cccc(N(c3ccc(-c4ccc5c(c4)sc4ccccc45)cc3)c3ccccc3-c3ccc4c(c3)oc3ccccc34)c2)cc(-c2ccc3ccccc3c2)c1. The van der Waals surface area contributed by atoms with Gasteiger partial charge in [0.05, 0.1) is 5.69 Å². The van der Waals surface area contributed by atoms with Gasteiger partial charge in [0.1, 0.15) is 11.2 Å². The maximum absolute atomic E-state index is 6.40. The molecule has 0 saturated carbocycles. The van der Waals surface area contributed by atoms with Gasteiger partial charge in [0.25, 0.3) is 0 Å². The lowest BCUT2D eigenvalue weighted by molar-refractivity contribution is 0.669. The summed E-state index contributed by atoms with van der Waals surface area (Å²) < 4.78 is 9.03. The third-order valence-corrected chi connectivity index (χ3v) is 13.2. The number of thiophene rings is 1. The van der Waals surface area contributed by atoms with Crippen molar-refractivity contribution in [2.45, 2.75) is 0 Å². The molecule has 0 aliphatic rings. The highest BCUT2D eigenvalue weighted by molar-refractivity contribution is 7.25. The molecule has 0 atom stereocenters. The van der Waals surface area contributed by atoms with Crippen LogP contribution in [0.1, 0.15) is 0 Å². The number of hydrogen-bond donors (Lipinski definition) is 0. The first-order valence-corrected chi connectivity index (χ1v) is 21.5. The van der Waals surface area contributed by atoms with Gasteiger partial charge in [-0.05, 0) is 123 Å². The van der Waals surface area contributed by atoms with Gasteiger partial charge in [0.2, 0.25) is 0 Å². The Hall–Kier alpha value is -7.72. The highest BCUT2D eigenvalue weighted by Gasteiger charge is 2.19. The van der Waals surface area contributed by atoms with Crippen LogP contribution in [0.15, 0.2) is 229 Å². The third-order valence-electron chi connectivity index (χ3n) is 12.1. The molecule has 0 amide bonds. The van der Waals surface area contributed by atoms with Gasteiger partial charge in [0.15, 0.2) is 0 Å². The molecule has 2 aromatic heterocycles. The molecule has 0 spiro atoms. The molecule has 12 aromatic rings. The maximum atomic E-state index is 6.40. The molecule has 0 aliphatic heterocycles. The predicted octanol–water partition coefficient (Wildman–Crippen LogP) is 17.2. The largest absolute Gasteiger partial charge is 0.456 e. The zero-order valence-electron chi connectivity index (χ0n) is 33.1. The smallest absolute Gasteiger partial charge is 0.136 e. The van der Waals surface area contributed by atoms with Crippen LogP contribution >= 0.6 is 11.3 Å². The van der Waals surface area contributed by atoms with Gasteiger partial charge in [-0.1, -0.05) is 152 Å². The van der Waals surface area contributed by atoms with E-state index in [1.165, 1.54) is 58.8 Å². The fourth-order valence-electron chi connectivity index (χ4n) is 9.01. The highest BCUT2D eigenvalue weighted by atomic mass is 32.1. The summed E-state index contributed by atoms with van der Waals surface area (Å²) in [7, 11) is 0. The molecule has 0 saturated heterocycles. The summed E-state index contributed by atoms with van der Waals surface area (Å²) in [6.07, 6.45) is 0. The van der Waals surface area contributed by atoms with Crippen LogP contribution in [-0.2, 0) is 0 Å². The van der Waals surface area contributed by atoms with E-state index in [0.717, 1.165) is 55.7 Å². The van der Waals surface area contributed by atoms with Crippen molar-refractivity contribution in [3.8, 4) is 44.5 Å². The molecule has 286 valence electrons. The Balaban J connectivity index is 0.976. The molecule has 61 heavy (non-hydrogen) atoms. The van der Waals surface area contributed by atoms with E-state index in [2.05, 4.69) is 217 Å². The van der Waals surface area contributed by atoms with Crippen molar-refractivity contribution in [2.24, 2.45) is 0 Å². The van der Waals surface area contributed by atoms with Crippen LogP contribution < -0.4 is 4.90 Å². The number of nitrogens with zero attached hydrogens (tertiary/aromatic N) is 1. The Morgan fingerprint density at radius 3 is 1.80 bits per heavy atom. The number of benzene rings is 10. The first-order valence-electron chi connectivity index (χ1n) is 20.7. The van der Waals surface area contributed by atoms with E-state index in [9.17, 15) is 0 Å². The van der Waals surface area contributed by atoms with Crippen LogP contribution in [0.4, 0.5) is 17.1 Å². The Kier molecular flexibility index (Phi) is 8.39. The Morgan fingerprint density at radius 1 is 0.311 bits per heavy atom. The average Bonchev–Trinajstić information content (AvgIpc) is 3.90. The van der Waals surface area contributed by atoms with Gasteiger partial charge in [0, 0.05) is 47.9 Å². The van der Waals surface area contributed by atoms with Gasteiger partial charge >= 0.3 is 0 Å². The summed E-state index contributed by atoms with van der Waals surface area (Å²) in [5, 5.41) is 7.38. The van der Waals surface area contributed by atoms with Crippen LogP contribution in [0.3, 0.4) is 0 Å². The second-order valence-electron chi connectivity index (χ2n) is 15.7. The molecule has 0 fully saturated rings. The van der Waals surface area contributed by atoms with Crippen LogP contribution in [0.25, 0.3) is 97.4 Å². The van der Waals surface area contributed by atoms with Crippen LogP contribution in [0.5, 0.6) is 0 Å². The Bertz CT molecular complexity index is 3610. The lowest BCUT2D eigenvalue weighted by atomic mass is 9.96. The predicted molar refractivity (Wildman–Crippen MR) is 261 cm³/mol. The fourth-order valence-corrected chi connectivity index (χ4v) is 10.2. The lowest BCUT2D eigenvalue weighted by Crippen LogP contribution is -2.11. The monoisotopic (exact) mass is 795 g/mol. The summed E-state index contributed by atoms with van der Waals surface area (Å²) >= 11 is 1.86. The van der Waals surface area contributed by atoms with Gasteiger partial charge in [-0.15, -0.1) is 11.3 Å². The van der Waals surface area contributed by atoms with E-state index in [4.69, 9.17) is 4.42 Å². The first kappa shape index (κ1) is 35.2. The minimum Gasteiger partial charge on any atom is -0.456 e. The second kappa shape index (κ2) is 14.5. The fraction of sp³-hybridized carbons (Fsp3) is 0. The van der Waals surface area contributed by atoms with E-state index < -0.39 is 0 Å². The number of para-hydroxylation sites is 2. The van der Waals surface area contributed by atoms with Crippen molar-refractivity contribution in [3.63, 3.8) is 0 Å². The number of fused-ring (bicyclic) bond motifs is 7. The molecule has 12 rings (SSSR count). The molecule has 10 aromatic carbocycles. The summed E-state index contributed by atoms with van der Waals surface area (Å²) in [6, 6.07) is 81.3. The molecule has 0 radical (unpaired) electrons. The summed E-state index contributed by atoms with van der Waals surface area (Å²) in [5.41, 5.74) is 14.4. The normalized spacial score (nSPS) is 11.6. The van der Waals surface area contributed by atoms with Crippen LogP contribution in [-0.4, -0.2) is 0 Å². The zero-order valence-corrected chi connectivity index (χ0v) is 33.9. The van der Waals surface area contributed by atoms with Crippen molar-refractivity contribution in [2.75, 3.05) is 4.90 Å². The van der Waals surface area contributed by atoms with Crippen molar-refractivity contribution < 1.29 is 4.42 Å². The van der Waals surface area contributed by atoms with Gasteiger partial charge < -0.3 is 9.32 Å². The van der Waals surface area contributed by atoms with E-state index in [1.807, 2.05) is 23.5 Å².